The number of halogens is 3. The monoisotopic (exact) mass is 343 g/mol. The third kappa shape index (κ3) is 5.12. The van der Waals surface area contributed by atoms with Crippen molar-refractivity contribution in [2.45, 2.75) is 6.42 Å². The predicted molar refractivity (Wildman–Crippen MR) is 86.7 cm³/mol. The first kappa shape index (κ1) is 16.0. The molecule has 0 atom stereocenters. The van der Waals surface area contributed by atoms with Crippen molar-refractivity contribution in [3.8, 4) is 5.75 Å². The van der Waals surface area contributed by atoms with Gasteiger partial charge in [-0.3, -0.25) is 4.79 Å². The zero-order valence-corrected chi connectivity index (χ0v) is 13.2. The van der Waals surface area contributed by atoms with Crippen LogP contribution in [-0.4, -0.2) is 12.5 Å². The molecule has 1 amide bonds. The molecule has 0 radical (unpaired) electrons. The highest BCUT2D eigenvalue weighted by Crippen LogP contribution is 2.25. The van der Waals surface area contributed by atoms with Crippen LogP contribution in [0.25, 0.3) is 0 Å². The van der Waals surface area contributed by atoms with Crippen LogP contribution in [0.15, 0.2) is 42.5 Å². The number of amides is 1. The first-order valence-corrected chi connectivity index (χ1v) is 7.31. The number of hydrogen-bond donors (Lipinski definition) is 1. The molecule has 2 aromatic rings. The van der Waals surface area contributed by atoms with Gasteiger partial charge in [0.05, 0.1) is 23.1 Å². The van der Waals surface area contributed by atoms with E-state index in [0.717, 1.165) is 0 Å². The fourth-order valence-electron chi connectivity index (χ4n) is 1.59. The summed E-state index contributed by atoms with van der Waals surface area (Å²) < 4.78 is 5.45. The van der Waals surface area contributed by atoms with E-state index in [9.17, 15) is 4.79 Å². The molecule has 0 aliphatic heterocycles. The fraction of sp³-hybridized carbons (Fsp3) is 0.133. The molecule has 0 bridgehead atoms. The molecule has 0 aliphatic carbocycles. The van der Waals surface area contributed by atoms with Gasteiger partial charge in [0.2, 0.25) is 5.91 Å². The van der Waals surface area contributed by atoms with Crippen molar-refractivity contribution in [3.05, 3.63) is 57.5 Å². The van der Waals surface area contributed by atoms with Crippen molar-refractivity contribution in [2.24, 2.45) is 0 Å². The van der Waals surface area contributed by atoms with Crippen LogP contribution in [0.1, 0.15) is 6.42 Å². The van der Waals surface area contributed by atoms with Gasteiger partial charge in [-0.2, -0.15) is 0 Å². The van der Waals surface area contributed by atoms with Crippen LogP contribution >= 0.6 is 34.8 Å². The summed E-state index contributed by atoms with van der Waals surface area (Å²) >= 11 is 17.5. The molecule has 0 spiro atoms. The number of rotatable bonds is 5. The van der Waals surface area contributed by atoms with Crippen molar-refractivity contribution in [1.29, 1.82) is 0 Å². The van der Waals surface area contributed by atoms with Crippen molar-refractivity contribution >= 4 is 46.4 Å². The van der Waals surface area contributed by atoms with Gasteiger partial charge in [-0.25, -0.2) is 0 Å². The second-order valence-corrected chi connectivity index (χ2v) is 5.48. The zero-order chi connectivity index (χ0) is 15.2. The summed E-state index contributed by atoms with van der Waals surface area (Å²) in [6, 6.07) is 11.9. The molecule has 0 saturated carbocycles. The van der Waals surface area contributed by atoms with Gasteiger partial charge in [-0.1, -0.05) is 34.8 Å². The van der Waals surface area contributed by atoms with Gasteiger partial charge in [0.25, 0.3) is 0 Å². The summed E-state index contributed by atoms with van der Waals surface area (Å²) in [5, 5.41) is 4.20. The summed E-state index contributed by atoms with van der Waals surface area (Å²) in [5.41, 5.74) is 0.598. The molecule has 2 aromatic carbocycles. The smallest absolute Gasteiger partial charge is 0.227 e. The van der Waals surface area contributed by atoms with Crippen molar-refractivity contribution in [2.75, 3.05) is 11.9 Å². The molecule has 1 N–H and O–H groups in total. The van der Waals surface area contributed by atoms with Gasteiger partial charge < -0.3 is 10.1 Å². The third-order valence-electron chi connectivity index (χ3n) is 2.61. The van der Waals surface area contributed by atoms with Gasteiger partial charge in [0.15, 0.2) is 0 Å². The lowest BCUT2D eigenvalue weighted by Crippen LogP contribution is -2.15. The van der Waals surface area contributed by atoms with Crippen LogP contribution in [-0.2, 0) is 4.79 Å². The van der Waals surface area contributed by atoms with E-state index >= 15 is 0 Å². The van der Waals surface area contributed by atoms with Crippen LogP contribution in [0.4, 0.5) is 5.69 Å². The Labute approximate surface area is 137 Å². The molecule has 21 heavy (non-hydrogen) atoms. The van der Waals surface area contributed by atoms with Gasteiger partial charge in [0.1, 0.15) is 5.75 Å². The molecular weight excluding hydrogens is 333 g/mol. The average molecular weight is 345 g/mol. The van der Waals surface area contributed by atoms with E-state index in [0.29, 0.717) is 26.5 Å². The minimum atomic E-state index is -0.164. The molecule has 0 fully saturated rings. The summed E-state index contributed by atoms with van der Waals surface area (Å²) in [6.07, 6.45) is 0.225. The molecule has 0 unspecified atom stereocenters. The number of anilines is 1. The molecule has 110 valence electrons. The standard InChI is InChI=1S/C15H12Cl3NO2/c16-10-1-4-12(5-2-10)21-8-7-15(20)19-11-3-6-13(17)14(18)9-11/h1-6,9H,7-8H2,(H,19,20). The fourth-order valence-corrected chi connectivity index (χ4v) is 2.01. The highest BCUT2D eigenvalue weighted by Gasteiger charge is 2.05. The van der Waals surface area contributed by atoms with E-state index < -0.39 is 0 Å². The molecule has 0 aromatic heterocycles. The highest BCUT2D eigenvalue weighted by molar-refractivity contribution is 6.42. The first-order chi connectivity index (χ1) is 10.0. The summed E-state index contributed by atoms with van der Waals surface area (Å²) in [7, 11) is 0. The topological polar surface area (TPSA) is 38.3 Å². The van der Waals surface area contributed by atoms with E-state index in [4.69, 9.17) is 39.5 Å². The molecule has 6 heteroatoms. The Kier molecular flexibility index (Phi) is 5.74. The predicted octanol–water partition coefficient (Wildman–Crippen LogP) is 5.05. The molecule has 2 rings (SSSR count). The Hall–Kier alpha value is -1.42. The van der Waals surface area contributed by atoms with Crippen molar-refractivity contribution in [1.82, 2.24) is 0 Å². The zero-order valence-electron chi connectivity index (χ0n) is 10.9. The van der Waals surface area contributed by atoms with E-state index in [-0.39, 0.29) is 18.9 Å². The Morgan fingerprint density at radius 2 is 1.71 bits per heavy atom. The highest BCUT2D eigenvalue weighted by atomic mass is 35.5. The Bertz CT molecular complexity index is 629. The first-order valence-electron chi connectivity index (χ1n) is 6.18. The maximum absolute atomic E-state index is 11.8. The average Bonchev–Trinajstić information content (AvgIpc) is 2.45. The maximum Gasteiger partial charge on any atom is 0.227 e. The quantitative estimate of drug-likeness (QED) is 0.824. The maximum atomic E-state index is 11.8. The Balaban J connectivity index is 1.79. The van der Waals surface area contributed by atoms with E-state index in [1.165, 1.54) is 0 Å². The number of carbonyl (C=O) groups is 1. The number of carbonyl (C=O) groups excluding carboxylic acids is 1. The van der Waals surface area contributed by atoms with Crippen LogP contribution in [0.5, 0.6) is 5.75 Å². The number of nitrogens with one attached hydrogen (secondary N) is 1. The van der Waals surface area contributed by atoms with Gasteiger partial charge in [-0.05, 0) is 42.5 Å². The van der Waals surface area contributed by atoms with Crippen molar-refractivity contribution < 1.29 is 9.53 Å². The van der Waals surface area contributed by atoms with Crippen LogP contribution < -0.4 is 10.1 Å². The van der Waals surface area contributed by atoms with E-state index in [1.54, 1.807) is 42.5 Å². The lowest BCUT2D eigenvalue weighted by molar-refractivity contribution is -0.116. The number of benzene rings is 2. The third-order valence-corrected chi connectivity index (χ3v) is 3.61. The summed E-state index contributed by atoms with van der Waals surface area (Å²) in [4.78, 5) is 11.8. The molecule has 0 heterocycles. The number of hydrogen-bond acceptors (Lipinski definition) is 2. The van der Waals surface area contributed by atoms with Gasteiger partial charge in [-0.15, -0.1) is 0 Å². The Morgan fingerprint density at radius 3 is 2.38 bits per heavy atom. The van der Waals surface area contributed by atoms with Gasteiger partial charge >= 0.3 is 0 Å². The molecule has 0 saturated heterocycles. The van der Waals surface area contributed by atoms with E-state index in [1.807, 2.05) is 0 Å². The second kappa shape index (κ2) is 7.55. The van der Waals surface area contributed by atoms with Crippen LogP contribution in [0, 0.1) is 0 Å². The minimum Gasteiger partial charge on any atom is -0.493 e. The normalized spacial score (nSPS) is 10.2. The number of ether oxygens (including phenoxy) is 1. The summed E-state index contributed by atoms with van der Waals surface area (Å²) in [5.74, 6) is 0.504. The lowest BCUT2D eigenvalue weighted by Gasteiger charge is -2.08. The second-order valence-electron chi connectivity index (χ2n) is 4.23. The van der Waals surface area contributed by atoms with Crippen LogP contribution in [0.2, 0.25) is 15.1 Å². The largest absolute Gasteiger partial charge is 0.493 e. The lowest BCUT2D eigenvalue weighted by atomic mass is 10.3. The molecule has 3 nitrogen and oxygen atoms in total. The molecule has 0 aliphatic rings. The Morgan fingerprint density at radius 1 is 1.00 bits per heavy atom. The van der Waals surface area contributed by atoms with Crippen molar-refractivity contribution in [3.63, 3.8) is 0 Å². The SMILES string of the molecule is O=C(CCOc1ccc(Cl)cc1)Nc1ccc(Cl)c(Cl)c1. The van der Waals surface area contributed by atoms with Gasteiger partial charge in [0, 0.05) is 10.7 Å². The van der Waals surface area contributed by atoms with E-state index in [2.05, 4.69) is 5.32 Å². The molecular formula is C15H12Cl3NO2. The minimum absolute atomic E-state index is 0.164. The summed E-state index contributed by atoms with van der Waals surface area (Å²) in [6.45, 7) is 0.273. The van der Waals surface area contributed by atoms with Crippen LogP contribution in [0.3, 0.4) is 0 Å².